The number of aliphatic hydroxyl groups is 3. The molecule has 2 aromatic rings. The summed E-state index contributed by atoms with van der Waals surface area (Å²) in [5.41, 5.74) is -0.150. The van der Waals surface area contributed by atoms with Gasteiger partial charge in [-0.25, -0.2) is 4.79 Å². The van der Waals surface area contributed by atoms with Gasteiger partial charge in [0.2, 0.25) is 5.91 Å². The maximum Gasteiger partial charge on any atom is 0.338 e. The Kier molecular flexibility index (Phi) is 8.28. The summed E-state index contributed by atoms with van der Waals surface area (Å²) < 4.78 is 11.1. The second kappa shape index (κ2) is 10.9. The molecule has 1 fully saturated rings. The highest BCUT2D eigenvalue weighted by atomic mass is 32.2. The summed E-state index contributed by atoms with van der Waals surface area (Å²) in [7, 11) is 0. The Bertz CT molecular complexity index is 903. The molecule has 5 atom stereocenters. The average Bonchev–Trinajstić information content (AvgIpc) is 2.77. The SMILES string of the molecule is CC(=O)N[C@@H]1[C@@H](O)[C@H](O)[C@@H](CO)O[C@H]1SCCCOC(=O)c1cccc2ccccc12. The molecular weight excluding hydrogens is 422 g/mol. The van der Waals surface area contributed by atoms with Gasteiger partial charge in [0.05, 0.1) is 24.8 Å². The van der Waals surface area contributed by atoms with Crippen LogP contribution in [0, 0.1) is 0 Å². The second-order valence-corrected chi connectivity index (χ2v) is 8.53. The number of hydrogen-bond acceptors (Lipinski definition) is 8. The summed E-state index contributed by atoms with van der Waals surface area (Å²) in [6.07, 6.45) is -2.99. The third-order valence-electron chi connectivity index (χ3n) is 5.06. The zero-order valence-electron chi connectivity index (χ0n) is 17.1. The van der Waals surface area contributed by atoms with Crippen LogP contribution in [0.5, 0.6) is 0 Å². The van der Waals surface area contributed by atoms with Crippen LogP contribution in [-0.4, -0.2) is 76.0 Å². The van der Waals surface area contributed by atoms with Gasteiger partial charge in [0.25, 0.3) is 0 Å². The van der Waals surface area contributed by atoms with Gasteiger partial charge in [-0.3, -0.25) is 4.79 Å². The summed E-state index contributed by atoms with van der Waals surface area (Å²) in [5.74, 6) is -0.243. The van der Waals surface area contributed by atoms with Gasteiger partial charge in [0.15, 0.2) is 0 Å². The lowest BCUT2D eigenvalue weighted by atomic mass is 9.98. The Morgan fingerprint density at radius 2 is 1.87 bits per heavy atom. The first-order chi connectivity index (χ1) is 14.9. The van der Waals surface area contributed by atoms with Crippen LogP contribution in [0.15, 0.2) is 42.5 Å². The Hall–Kier alpha value is -2.17. The van der Waals surface area contributed by atoms with Gasteiger partial charge >= 0.3 is 5.97 Å². The number of carbonyl (C=O) groups excluding carboxylic acids is 2. The molecule has 0 radical (unpaired) electrons. The van der Waals surface area contributed by atoms with Crippen LogP contribution in [0.1, 0.15) is 23.7 Å². The van der Waals surface area contributed by atoms with Crippen molar-refractivity contribution in [2.24, 2.45) is 0 Å². The van der Waals surface area contributed by atoms with Crippen molar-refractivity contribution in [1.82, 2.24) is 5.32 Å². The third-order valence-corrected chi connectivity index (χ3v) is 6.32. The van der Waals surface area contributed by atoms with Gasteiger partial charge < -0.3 is 30.1 Å². The second-order valence-electron chi connectivity index (χ2n) is 7.32. The summed E-state index contributed by atoms with van der Waals surface area (Å²) in [6, 6.07) is 12.3. The smallest absolute Gasteiger partial charge is 0.338 e. The molecule has 3 rings (SSSR count). The molecular formula is C22H27NO7S. The Balaban J connectivity index is 1.51. The van der Waals surface area contributed by atoms with Crippen molar-refractivity contribution in [2.75, 3.05) is 19.0 Å². The number of nitrogens with one attached hydrogen (secondary N) is 1. The highest BCUT2D eigenvalue weighted by Gasteiger charge is 2.44. The maximum atomic E-state index is 12.5. The van der Waals surface area contributed by atoms with Crippen LogP contribution in [-0.2, 0) is 14.3 Å². The minimum absolute atomic E-state index is 0.196. The van der Waals surface area contributed by atoms with Gasteiger partial charge in [-0.05, 0) is 29.0 Å². The van der Waals surface area contributed by atoms with Crippen LogP contribution in [0.3, 0.4) is 0 Å². The summed E-state index contributed by atoms with van der Waals surface area (Å²) in [4.78, 5) is 23.9. The predicted molar refractivity (Wildman–Crippen MR) is 117 cm³/mol. The molecule has 0 unspecified atom stereocenters. The number of ether oxygens (including phenoxy) is 2. The number of esters is 1. The highest BCUT2D eigenvalue weighted by Crippen LogP contribution is 2.29. The Morgan fingerprint density at radius 1 is 1.13 bits per heavy atom. The minimum Gasteiger partial charge on any atom is -0.462 e. The van der Waals surface area contributed by atoms with E-state index < -0.39 is 42.4 Å². The van der Waals surface area contributed by atoms with Gasteiger partial charge in [0, 0.05) is 6.92 Å². The van der Waals surface area contributed by atoms with Crippen LogP contribution in [0.2, 0.25) is 0 Å². The standard InChI is InChI=1S/C22H27NO7S/c1-13(25)23-18-20(27)19(26)17(12-24)30-22(18)31-11-5-10-29-21(28)16-9-4-7-14-6-2-3-8-15(14)16/h2-4,6-9,17-20,22,24,26-27H,5,10-12H2,1H3,(H,23,25)/t17-,18-,19-,20-,22+/m1/s1. The molecule has 0 spiro atoms. The summed E-state index contributed by atoms with van der Waals surface area (Å²) in [5, 5.41) is 34.1. The lowest BCUT2D eigenvalue weighted by Gasteiger charge is -2.42. The van der Waals surface area contributed by atoms with Crippen molar-refractivity contribution in [2.45, 2.75) is 43.1 Å². The molecule has 1 aliphatic rings. The molecule has 8 nitrogen and oxygen atoms in total. The fourth-order valence-electron chi connectivity index (χ4n) is 3.52. The zero-order chi connectivity index (χ0) is 22.4. The van der Waals surface area contributed by atoms with Crippen LogP contribution >= 0.6 is 11.8 Å². The van der Waals surface area contributed by atoms with E-state index in [4.69, 9.17) is 9.47 Å². The lowest BCUT2D eigenvalue weighted by Crippen LogP contribution is -2.63. The molecule has 9 heteroatoms. The molecule has 0 aliphatic carbocycles. The molecule has 31 heavy (non-hydrogen) atoms. The number of carbonyl (C=O) groups is 2. The third kappa shape index (κ3) is 5.75. The largest absolute Gasteiger partial charge is 0.462 e. The van der Waals surface area contributed by atoms with Gasteiger partial charge in [0.1, 0.15) is 23.7 Å². The van der Waals surface area contributed by atoms with Crippen molar-refractivity contribution in [1.29, 1.82) is 0 Å². The van der Waals surface area contributed by atoms with E-state index in [0.717, 1.165) is 10.8 Å². The molecule has 1 saturated heterocycles. The van der Waals surface area contributed by atoms with E-state index in [1.165, 1.54) is 18.7 Å². The molecule has 1 aliphatic heterocycles. The van der Waals surface area contributed by atoms with E-state index in [1.807, 2.05) is 36.4 Å². The molecule has 0 aromatic heterocycles. The normalized spacial score (nSPS) is 25.9. The van der Waals surface area contributed by atoms with Crippen molar-refractivity contribution in [3.8, 4) is 0 Å². The van der Waals surface area contributed by atoms with E-state index >= 15 is 0 Å². The first-order valence-electron chi connectivity index (χ1n) is 10.1. The lowest BCUT2D eigenvalue weighted by molar-refractivity contribution is -0.173. The quantitative estimate of drug-likeness (QED) is 0.348. The van der Waals surface area contributed by atoms with Crippen molar-refractivity contribution < 1.29 is 34.4 Å². The number of thioether (sulfide) groups is 1. The fraction of sp³-hybridized carbons (Fsp3) is 0.455. The number of amides is 1. The molecule has 1 heterocycles. The number of aliphatic hydroxyl groups excluding tert-OH is 3. The highest BCUT2D eigenvalue weighted by molar-refractivity contribution is 7.99. The van der Waals surface area contributed by atoms with Crippen LogP contribution in [0.25, 0.3) is 10.8 Å². The van der Waals surface area contributed by atoms with Crippen molar-refractivity contribution >= 4 is 34.4 Å². The molecule has 0 saturated carbocycles. The number of fused-ring (bicyclic) bond motifs is 1. The molecule has 4 N–H and O–H groups in total. The molecule has 0 bridgehead atoms. The first kappa shape index (κ1) is 23.5. The Labute approximate surface area is 184 Å². The van der Waals surface area contributed by atoms with Gasteiger partial charge in [-0.15, -0.1) is 11.8 Å². The topological polar surface area (TPSA) is 125 Å². The first-order valence-corrected chi connectivity index (χ1v) is 11.1. The van der Waals surface area contributed by atoms with E-state index in [9.17, 15) is 24.9 Å². The monoisotopic (exact) mass is 449 g/mol. The van der Waals surface area contributed by atoms with E-state index in [1.54, 1.807) is 6.07 Å². The summed E-state index contributed by atoms with van der Waals surface area (Å²) in [6.45, 7) is 1.05. The minimum atomic E-state index is -1.31. The maximum absolute atomic E-state index is 12.5. The van der Waals surface area contributed by atoms with Gasteiger partial charge in [-0.2, -0.15) is 0 Å². The summed E-state index contributed by atoms with van der Waals surface area (Å²) >= 11 is 1.31. The van der Waals surface area contributed by atoms with Gasteiger partial charge in [-0.1, -0.05) is 36.4 Å². The Morgan fingerprint density at radius 3 is 2.61 bits per heavy atom. The molecule has 168 valence electrons. The van der Waals surface area contributed by atoms with Crippen molar-refractivity contribution in [3.05, 3.63) is 48.0 Å². The molecule has 1 amide bonds. The average molecular weight is 450 g/mol. The number of rotatable bonds is 8. The number of hydrogen-bond donors (Lipinski definition) is 4. The van der Waals surface area contributed by atoms with E-state index in [0.29, 0.717) is 17.7 Å². The van der Waals surface area contributed by atoms with Crippen molar-refractivity contribution in [3.63, 3.8) is 0 Å². The predicted octanol–water partition coefficient (Wildman–Crippen LogP) is 1.06. The van der Waals surface area contributed by atoms with Crippen LogP contribution < -0.4 is 5.32 Å². The van der Waals surface area contributed by atoms with E-state index in [-0.39, 0.29) is 12.5 Å². The zero-order valence-corrected chi connectivity index (χ0v) is 18.0. The fourth-order valence-corrected chi connectivity index (χ4v) is 4.69. The van der Waals surface area contributed by atoms with E-state index in [2.05, 4.69) is 5.32 Å². The molecule has 2 aromatic carbocycles. The number of benzene rings is 2. The van der Waals surface area contributed by atoms with Crippen LogP contribution in [0.4, 0.5) is 0 Å².